The van der Waals surface area contributed by atoms with E-state index in [9.17, 15) is 0 Å². The van der Waals surface area contributed by atoms with Crippen LogP contribution in [0, 0.1) is 0 Å². The van der Waals surface area contributed by atoms with E-state index in [1.807, 2.05) is 45.9 Å². The average Bonchev–Trinajstić information content (AvgIpc) is 2.52. The Morgan fingerprint density at radius 2 is 1.70 bits per heavy atom. The number of rotatable bonds is 12. The fourth-order valence-corrected chi connectivity index (χ4v) is 5.39. The summed E-state index contributed by atoms with van der Waals surface area (Å²) >= 11 is 0. The van der Waals surface area contributed by atoms with Crippen molar-refractivity contribution in [3.63, 3.8) is 0 Å². The molecule has 3 N–H and O–H groups in total. The van der Waals surface area contributed by atoms with E-state index in [4.69, 9.17) is 19.0 Å². The predicted octanol–water partition coefficient (Wildman–Crippen LogP) is 2.54. The van der Waals surface area contributed by atoms with Gasteiger partial charge in [-0.2, -0.15) is 0 Å². The van der Waals surface area contributed by atoms with Gasteiger partial charge in [0.1, 0.15) is 5.72 Å². The van der Waals surface area contributed by atoms with Crippen molar-refractivity contribution in [2.24, 2.45) is 5.73 Å². The number of hydrogen-bond donors (Lipinski definition) is 2. The lowest BCUT2D eigenvalue weighted by Crippen LogP contribution is -2.57. The highest BCUT2D eigenvalue weighted by Gasteiger charge is 2.44. The summed E-state index contributed by atoms with van der Waals surface area (Å²) in [5.74, 6) is 0. The van der Waals surface area contributed by atoms with Gasteiger partial charge in [-0.1, -0.05) is 30.3 Å². The molecule has 0 bridgehead atoms. The third-order valence-corrected chi connectivity index (χ3v) is 6.54. The molecule has 1 aromatic rings. The van der Waals surface area contributed by atoms with Gasteiger partial charge in [-0.3, -0.25) is 5.32 Å². The summed E-state index contributed by atoms with van der Waals surface area (Å²) in [5.41, 5.74) is 6.31. The first-order chi connectivity index (χ1) is 11.0. The molecule has 0 amide bonds. The first kappa shape index (κ1) is 20.3. The Balaban J connectivity index is 2.82. The highest BCUT2D eigenvalue weighted by molar-refractivity contribution is 6.60. The molecule has 0 aromatic heterocycles. The van der Waals surface area contributed by atoms with Crippen molar-refractivity contribution in [3.8, 4) is 0 Å². The monoisotopic (exact) mass is 340 g/mol. The van der Waals surface area contributed by atoms with Crippen molar-refractivity contribution in [3.05, 3.63) is 35.9 Å². The van der Waals surface area contributed by atoms with E-state index in [1.54, 1.807) is 0 Å². The lowest BCUT2D eigenvalue weighted by atomic mass is 10.2. The van der Waals surface area contributed by atoms with E-state index < -0.39 is 14.5 Å². The topological polar surface area (TPSA) is 65.7 Å². The third-order valence-electron chi connectivity index (χ3n) is 3.40. The lowest BCUT2D eigenvalue weighted by molar-refractivity contribution is -0.0279. The van der Waals surface area contributed by atoms with E-state index in [0.29, 0.717) is 26.3 Å². The van der Waals surface area contributed by atoms with Crippen LogP contribution < -0.4 is 11.1 Å². The van der Waals surface area contributed by atoms with E-state index in [2.05, 4.69) is 17.4 Å². The molecule has 0 radical (unpaired) electrons. The molecule has 0 unspecified atom stereocenters. The van der Waals surface area contributed by atoms with Crippen molar-refractivity contribution in [2.75, 3.05) is 26.3 Å². The highest BCUT2D eigenvalue weighted by Crippen LogP contribution is 2.24. The number of nitrogens with one attached hydrogen (secondary N) is 1. The number of nitrogens with two attached hydrogens (primary N) is 1. The summed E-state index contributed by atoms with van der Waals surface area (Å²) in [7, 11) is -2.77. The largest absolute Gasteiger partial charge is 0.502 e. The smallest absolute Gasteiger partial charge is 0.374 e. The molecule has 0 saturated carbocycles. The Kier molecular flexibility index (Phi) is 8.97. The summed E-state index contributed by atoms with van der Waals surface area (Å²) in [6.45, 7) is 10.3. The van der Waals surface area contributed by atoms with Gasteiger partial charge >= 0.3 is 8.80 Å². The van der Waals surface area contributed by atoms with Gasteiger partial charge in [-0.05, 0) is 39.7 Å². The summed E-state index contributed by atoms with van der Waals surface area (Å²) in [6, 6.07) is 11.1. The SMILES string of the molecule is CCO[Si](CCc1ccccc1)(OCC)OC(C)(C)NCCN. The number of aryl methyl sites for hydroxylation is 1. The van der Waals surface area contributed by atoms with Crippen molar-refractivity contribution >= 4 is 8.80 Å². The molecule has 1 rings (SSSR count). The molecular weight excluding hydrogens is 308 g/mol. The number of benzene rings is 1. The second-order valence-electron chi connectivity index (χ2n) is 5.86. The normalized spacial score (nSPS) is 12.6. The fraction of sp³-hybridized carbons (Fsp3) is 0.647. The fourth-order valence-electron chi connectivity index (χ4n) is 2.48. The molecule has 132 valence electrons. The van der Waals surface area contributed by atoms with E-state index in [1.165, 1.54) is 5.56 Å². The Morgan fingerprint density at radius 3 is 2.22 bits per heavy atom. The second-order valence-corrected chi connectivity index (χ2v) is 8.51. The van der Waals surface area contributed by atoms with Gasteiger partial charge in [0.2, 0.25) is 0 Å². The lowest BCUT2D eigenvalue weighted by Gasteiger charge is -2.37. The van der Waals surface area contributed by atoms with Gasteiger partial charge in [0.15, 0.2) is 0 Å². The van der Waals surface area contributed by atoms with Crippen LogP contribution in [0.5, 0.6) is 0 Å². The van der Waals surface area contributed by atoms with Gasteiger partial charge in [-0.25, -0.2) is 0 Å². The molecule has 0 fully saturated rings. The van der Waals surface area contributed by atoms with Crippen molar-refractivity contribution < 1.29 is 13.3 Å². The van der Waals surface area contributed by atoms with Gasteiger partial charge in [0, 0.05) is 32.3 Å². The molecule has 0 heterocycles. The van der Waals surface area contributed by atoms with Crippen LogP contribution in [0.25, 0.3) is 0 Å². The molecule has 0 aliphatic rings. The van der Waals surface area contributed by atoms with Crippen molar-refractivity contribution in [1.29, 1.82) is 0 Å². The Hall–Kier alpha value is -0.763. The Labute approximate surface area is 141 Å². The molecule has 0 atom stereocenters. The molecule has 6 heteroatoms. The molecular formula is C17H32N2O3Si. The molecule has 1 aromatic carbocycles. The van der Waals surface area contributed by atoms with Crippen LogP contribution >= 0.6 is 0 Å². The molecule has 0 saturated heterocycles. The quantitative estimate of drug-likeness (QED) is 0.452. The summed E-state index contributed by atoms with van der Waals surface area (Å²) in [6.07, 6.45) is 0.875. The standard InChI is InChI=1S/C17H32N2O3Si/c1-5-20-23(21-6-2,22-17(3,4)19-14-13-18)15-12-16-10-8-7-9-11-16/h7-11,19H,5-6,12-15,18H2,1-4H3. The van der Waals surface area contributed by atoms with E-state index in [0.717, 1.165) is 12.5 Å². The van der Waals surface area contributed by atoms with Gasteiger partial charge < -0.3 is 19.0 Å². The Bertz CT molecular complexity index is 423. The highest BCUT2D eigenvalue weighted by atomic mass is 28.4. The first-order valence-corrected chi connectivity index (χ1v) is 10.4. The molecule has 0 aliphatic heterocycles. The summed E-state index contributed by atoms with van der Waals surface area (Å²) in [5, 5.41) is 3.31. The maximum Gasteiger partial charge on any atom is 0.502 e. The zero-order chi connectivity index (χ0) is 17.2. The first-order valence-electron chi connectivity index (χ1n) is 8.44. The van der Waals surface area contributed by atoms with Crippen LogP contribution in [0.1, 0.15) is 33.3 Å². The van der Waals surface area contributed by atoms with Crippen LogP contribution in [-0.2, 0) is 19.7 Å². The zero-order valence-electron chi connectivity index (χ0n) is 14.9. The molecule has 0 spiro atoms. The van der Waals surface area contributed by atoms with Gasteiger partial charge in [-0.15, -0.1) is 0 Å². The van der Waals surface area contributed by atoms with Crippen molar-refractivity contribution in [1.82, 2.24) is 5.32 Å². The van der Waals surface area contributed by atoms with E-state index >= 15 is 0 Å². The van der Waals surface area contributed by atoms with Crippen LogP contribution in [0.15, 0.2) is 30.3 Å². The average molecular weight is 341 g/mol. The molecule has 5 nitrogen and oxygen atoms in total. The second kappa shape index (κ2) is 10.2. The molecule has 0 aliphatic carbocycles. The maximum atomic E-state index is 6.36. The third kappa shape index (κ3) is 7.56. The number of hydrogen-bond acceptors (Lipinski definition) is 5. The van der Waals surface area contributed by atoms with Crippen molar-refractivity contribution in [2.45, 2.75) is 45.9 Å². The maximum absolute atomic E-state index is 6.36. The van der Waals surface area contributed by atoms with Crippen LogP contribution in [0.4, 0.5) is 0 Å². The Morgan fingerprint density at radius 1 is 1.09 bits per heavy atom. The zero-order valence-corrected chi connectivity index (χ0v) is 15.9. The van der Waals surface area contributed by atoms with E-state index in [-0.39, 0.29) is 0 Å². The minimum Gasteiger partial charge on any atom is -0.374 e. The van der Waals surface area contributed by atoms with Gasteiger partial charge in [0.05, 0.1) is 0 Å². The van der Waals surface area contributed by atoms with Crippen LogP contribution in [-0.4, -0.2) is 40.8 Å². The molecule has 23 heavy (non-hydrogen) atoms. The van der Waals surface area contributed by atoms with Crippen LogP contribution in [0.3, 0.4) is 0 Å². The summed E-state index contributed by atoms with van der Waals surface area (Å²) < 4.78 is 18.4. The predicted molar refractivity (Wildman–Crippen MR) is 96.2 cm³/mol. The minimum atomic E-state index is -2.77. The van der Waals surface area contributed by atoms with Gasteiger partial charge in [0.25, 0.3) is 0 Å². The minimum absolute atomic E-state index is 0.535. The summed E-state index contributed by atoms with van der Waals surface area (Å²) in [4.78, 5) is 0. The van der Waals surface area contributed by atoms with Crippen LogP contribution in [0.2, 0.25) is 6.04 Å².